The first-order valence-corrected chi connectivity index (χ1v) is 45.2. The minimum atomic E-state index is -3.35. The molecule has 4 amide bonds. The van der Waals surface area contributed by atoms with Gasteiger partial charge in [-0.2, -0.15) is 25.5 Å². The van der Waals surface area contributed by atoms with E-state index in [-0.39, 0.29) is 98.3 Å². The second-order valence-electron chi connectivity index (χ2n) is 38.4. The highest BCUT2D eigenvalue weighted by molar-refractivity contribution is 6.33. The van der Waals surface area contributed by atoms with Gasteiger partial charge in [-0.15, -0.1) is 0 Å². The number of aromatic amines is 5. The molecule has 11 N–H and O–H groups in total. The number of nitrogens with one attached hydrogen (secondary N) is 6. The summed E-state index contributed by atoms with van der Waals surface area (Å²) in [6.45, 7) is 24.8. The minimum Gasteiger partial charge on any atom is -0.444 e. The summed E-state index contributed by atoms with van der Waals surface area (Å²) in [5.41, 5.74) is 3.14. The quantitative estimate of drug-likeness (QED) is 0.0451. The number of hydrogen-bond donors (Lipinski definition) is 11. The molecule has 1 unspecified atom stereocenters. The topological polar surface area (TPSA) is 336 Å². The molecule has 674 valence electrons. The molecule has 6 aliphatic carbocycles. The number of hydrogen-bond acceptors (Lipinski definition) is 15. The lowest BCUT2D eigenvalue weighted by atomic mass is 9.57. The van der Waals surface area contributed by atoms with Gasteiger partial charge in [0, 0.05) is 132 Å². The highest BCUT2D eigenvalue weighted by Gasteiger charge is 2.52. The Morgan fingerprint density at radius 1 is 0.435 bits per heavy atom. The molecular weight excluding hydrogens is 1700 g/mol. The zero-order valence-corrected chi connectivity index (χ0v) is 76.0. The first-order valence-electron chi connectivity index (χ1n) is 43.3. The molecule has 3 aliphatic heterocycles. The van der Waals surface area contributed by atoms with Gasteiger partial charge >= 0.3 is 18.2 Å². The lowest BCUT2D eigenvalue weighted by molar-refractivity contribution is -0.159. The van der Waals surface area contributed by atoms with Gasteiger partial charge in [0.2, 0.25) is 0 Å². The molecule has 9 fully saturated rings. The Morgan fingerprint density at radius 3 is 1.02 bits per heavy atom. The third-order valence-electron chi connectivity index (χ3n) is 27.7. The number of fused-ring (bicyclic) bond motifs is 11. The van der Waals surface area contributed by atoms with E-state index in [2.05, 4.69) is 84.0 Å². The number of urea groups is 1. The fraction of sp³-hybridized carbons (Fsp3) is 0.582. The molecule has 3 saturated heterocycles. The van der Waals surface area contributed by atoms with Crippen LogP contribution in [-0.4, -0.2) is 172 Å². The predicted octanol–water partition coefficient (Wildman–Crippen LogP) is 21.9. The van der Waals surface area contributed by atoms with Gasteiger partial charge in [-0.3, -0.25) is 25.5 Å². The Morgan fingerprint density at radius 2 is 0.718 bits per heavy atom. The number of rotatable bonds is 14. The van der Waals surface area contributed by atoms with Crippen LogP contribution in [-0.2, 0) is 9.47 Å². The van der Waals surface area contributed by atoms with Crippen LogP contribution in [0.2, 0.25) is 25.1 Å². The number of carbonyl (C=O) groups excluding carboxylic acids is 3. The number of ether oxygens (including phenoxy) is 2. The van der Waals surface area contributed by atoms with Crippen molar-refractivity contribution in [1.82, 2.24) is 71.0 Å². The number of piperidine rings is 3. The van der Waals surface area contributed by atoms with Crippen LogP contribution < -0.4 is 5.32 Å². The third-order valence-corrected chi connectivity index (χ3v) is 28.9. The van der Waals surface area contributed by atoms with Crippen LogP contribution in [0.4, 0.5) is 31.9 Å². The number of benzene rings is 5. The van der Waals surface area contributed by atoms with E-state index in [0.29, 0.717) is 75.8 Å². The number of aliphatic hydroxyl groups is 5. The van der Waals surface area contributed by atoms with Crippen LogP contribution in [0.25, 0.3) is 54.5 Å². The fourth-order valence-corrected chi connectivity index (χ4v) is 21.2. The van der Waals surface area contributed by atoms with E-state index in [0.717, 1.165) is 158 Å². The number of likely N-dealkylation sites (tertiary alicyclic amines) is 3. The molecule has 24 nitrogen and oxygen atoms in total. The van der Waals surface area contributed by atoms with Crippen molar-refractivity contribution in [2.75, 3.05) is 45.8 Å². The second-order valence-corrected chi connectivity index (χ2v) is 40.6. The number of alkyl halides is 2. The molecule has 0 spiro atoms. The van der Waals surface area contributed by atoms with Crippen molar-refractivity contribution in [3.63, 3.8) is 0 Å². The van der Waals surface area contributed by atoms with Crippen molar-refractivity contribution in [2.45, 2.75) is 239 Å². The van der Waals surface area contributed by atoms with E-state index in [9.17, 15) is 57.5 Å². The molecule has 8 heterocycles. The molecule has 4 bridgehead atoms. The molecular formula is C91H117Cl5F4N14O10. The second kappa shape index (κ2) is 37.9. The van der Waals surface area contributed by atoms with Gasteiger partial charge in [0.1, 0.15) is 28.9 Å². The van der Waals surface area contributed by atoms with E-state index in [4.69, 9.17) is 67.5 Å². The van der Waals surface area contributed by atoms with Crippen molar-refractivity contribution in [1.29, 1.82) is 0 Å². The molecule has 33 heteroatoms. The van der Waals surface area contributed by atoms with E-state index in [1.165, 1.54) is 17.2 Å². The Kier molecular flexibility index (Phi) is 28.7. The molecule has 0 radical (unpaired) electrons. The number of H-pyrrole nitrogens is 5. The van der Waals surface area contributed by atoms with Crippen LogP contribution in [0.1, 0.15) is 250 Å². The summed E-state index contributed by atoms with van der Waals surface area (Å²) in [6.07, 6.45) is 18.8. The number of nitrogens with zero attached hydrogens (tertiary/aromatic N) is 8. The van der Waals surface area contributed by atoms with Gasteiger partial charge in [-0.05, 0) is 247 Å². The Hall–Kier alpha value is -7.77. The van der Waals surface area contributed by atoms with Gasteiger partial charge in [0.05, 0.1) is 93.0 Å². The molecule has 9 aliphatic rings. The summed E-state index contributed by atoms with van der Waals surface area (Å²) in [5, 5.41) is 97.2. The third kappa shape index (κ3) is 20.2. The smallest absolute Gasteiger partial charge is 0.410 e. The molecule has 124 heavy (non-hydrogen) atoms. The van der Waals surface area contributed by atoms with Crippen molar-refractivity contribution >= 4 is 131 Å². The summed E-state index contributed by atoms with van der Waals surface area (Å²) >= 11 is 30.5. The Labute approximate surface area is 744 Å². The highest BCUT2D eigenvalue weighted by atomic mass is 35.5. The fourth-order valence-electron chi connectivity index (χ4n) is 20.1. The van der Waals surface area contributed by atoms with Crippen LogP contribution in [0.3, 0.4) is 0 Å². The van der Waals surface area contributed by atoms with Gasteiger partial charge < -0.3 is 55.0 Å². The zero-order chi connectivity index (χ0) is 89.5. The first-order chi connectivity index (χ1) is 58.5. The maximum atomic E-state index is 15.0. The Balaban J connectivity index is 0.000000134. The van der Waals surface area contributed by atoms with E-state index >= 15 is 0 Å². The molecule has 10 aromatic rings. The molecule has 19 rings (SSSR count). The van der Waals surface area contributed by atoms with Crippen LogP contribution in [0, 0.1) is 62.9 Å². The van der Waals surface area contributed by atoms with Gasteiger partial charge in [0.15, 0.2) is 0 Å². The predicted molar refractivity (Wildman–Crippen MR) is 474 cm³/mol. The lowest BCUT2D eigenvalue weighted by Crippen LogP contribution is -2.48. The minimum absolute atomic E-state index is 0.0288. The van der Waals surface area contributed by atoms with Gasteiger partial charge in [-0.25, -0.2) is 31.9 Å². The van der Waals surface area contributed by atoms with Crippen LogP contribution in [0.5, 0.6) is 0 Å². The largest absolute Gasteiger partial charge is 0.444 e. The summed E-state index contributed by atoms with van der Waals surface area (Å²) in [4.78, 5) is 41.5. The van der Waals surface area contributed by atoms with Gasteiger partial charge in [-0.1, -0.05) is 85.7 Å². The van der Waals surface area contributed by atoms with Crippen LogP contribution in [0.15, 0.2) is 79.5 Å². The standard InChI is InChI=1S/2C21H30ClN3O3.C17H21ClF2N4O2.2C16H18ClFN2O/c2*1-20(2,3)28-19(27)25-8-6-14(7-9-25)21(4,5)18(26)16-11-15(22)10-13-12-23-24-17(13)16;1-2-21-16(26)24-5-3-11(4-6-24)17(19,20)15(25)13-8-12(18)7-10-9-22-23-14(10)13;2*17-11-7-10-8-19-20-14(10)12(13(11)18)15(21)16-4-1-9(2-5-16)3-6-16/h2*10-12,14,18,26H,6-9H2,1-5H3,(H,23,24);7-9,11,15,25H,2-6H2,1H3,(H,21,26)(H,22,23);2*7-9,15,21H,1-6H2,(H,19,20)/t2*18-;;2*9?,15-,16?/m10.10/s1. The average Bonchev–Trinajstić information content (AvgIpc) is 0.936. The maximum Gasteiger partial charge on any atom is 0.410 e. The maximum absolute atomic E-state index is 15.0. The molecule has 5 aromatic heterocycles. The normalized spacial score (nSPS) is 21.8. The van der Waals surface area contributed by atoms with Gasteiger partial charge in [0.25, 0.3) is 5.92 Å². The van der Waals surface area contributed by atoms with Crippen molar-refractivity contribution in [3.8, 4) is 0 Å². The van der Waals surface area contributed by atoms with Crippen molar-refractivity contribution < 1.29 is 67.0 Å². The number of amides is 4. The van der Waals surface area contributed by atoms with Crippen LogP contribution >= 0.6 is 58.0 Å². The van der Waals surface area contributed by atoms with E-state index in [1.807, 2.05) is 65.8 Å². The summed E-state index contributed by atoms with van der Waals surface area (Å²) in [7, 11) is 0. The number of halogens is 9. The molecule has 5 aromatic carbocycles. The monoisotopic (exact) mass is 1820 g/mol. The zero-order valence-electron chi connectivity index (χ0n) is 72.2. The highest BCUT2D eigenvalue weighted by Crippen LogP contribution is 2.60. The lowest BCUT2D eigenvalue weighted by Gasteiger charge is -2.49. The Bertz CT molecular complexity index is 5100. The molecule has 5 atom stereocenters. The summed E-state index contributed by atoms with van der Waals surface area (Å²) < 4.78 is 70.1. The average molecular weight is 1820 g/mol. The summed E-state index contributed by atoms with van der Waals surface area (Å²) in [5.74, 6) is -3.27. The number of aliphatic hydroxyl groups excluding tert-OH is 5. The van der Waals surface area contributed by atoms with E-state index < -0.39 is 65.2 Å². The number of carbonyl (C=O) groups is 3. The first kappa shape index (κ1) is 93.9. The summed E-state index contributed by atoms with van der Waals surface area (Å²) in [6, 6.07) is 13.1. The number of aromatic nitrogens is 10. The van der Waals surface area contributed by atoms with Crippen molar-refractivity contribution in [2.24, 2.45) is 51.2 Å². The molecule has 6 saturated carbocycles. The van der Waals surface area contributed by atoms with Crippen molar-refractivity contribution in [3.05, 3.63) is 144 Å². The SMILES string of the molecule is CC(C)(C)OC(=O)N1CCC(C(C)(C)[C@@H](O)c2cc(Cl)cc3cn[nH]c23)CC1.CC(C)(C)OC(=O)N1CCC(C(C)(C)[C@H](O)c2cc(Cl)cc3cn[nH]c23)CC1.CCNC(=O)N1CCC(C(F)(F)C(O)c2cc(Cl)cc3cn[nH]c23)CC1.O[C@@H](c1c(F)c(Cl)cc2cn[nH]c12)C12CCC(CC1)CC2.O[C@H](c1c(F)c(Cl)cc2cn[nH]c12)C12CCC(CC1)CC2. The van der Waals surface area contributed by atoms with E-state index in [1.54, 1.807) is 59.7 Å².